The van der Waals surface area contributed by atoms with Gasteiger partial charge in [0.15, 0.2) is 0 Å². The highest BCUT2D eigenvalue weighted by atomic mass is 19.1. The van der Waals surface area contributed by atoms with Gasteiger partial charge >= 0.3 is 0 Å². The Labute approximate surface area is 93.1 Å². The Morgan fingerprint density at radius 2 is 2.19 bits per heavy atom. The fourth-order valence-electron chi connectivity index (χ4n) is 1.80. The van der Waals surface area contributed by atoms with Gasteiger partial charge in [0.05, 0.1) is 0 Å². The number of nitrogens with zero attached hydrogens (tertiary/aromatic N) is 1. The lowest BCUT2D eigenvalue weighted by Crippen LogP contribution is -2.01. The standard InChI is InChI=1S/C13H12FNO/c1-8-6-10(7-9(2)16)15-13-11(8)4-3-5-12(13)14/h3-6H,7H2,1-2H3. The van der Waals surface area contributed by atoms with Crippen molar-refractivity contribution in [1.82, 2.24) is 4.98 Å². The van der Waals surface area contributed by atoms with Crippen LogP contribution in [0.4, 0.5) is 4.39 Å². The third-order valence-corrected chi connectivity index (χ3v) is 2.48. The first kappa shape index (κ1) is 10.7. The van der Waals surface area contributed by atoms with Crippen molar-refractivity contribution in [3.8, 4) is 0 Å². The zero-order valence-corrected chi connectivity index (χ0v) is 9.25. The Bertz CT molecular complexity index is 563. The maximum atomic E-state index is 13.5. The second-order valence-electron chi connectivity index (χ2n) is 3.95. The van der Waals surface area contributed by atoms with E-state index in [2.05, 4.69) is 4.98 Å². The lowest BCUT2D eigenvalue weighted by atomic mass is 10.1. The molecule has 2 aromatic rings. The van der Waals surface area contributed by atoms with E-state index in [4.69, 9.17) is 0 Å². The molecule has 0 fully saturated rings. The molecule has 0 saturated heterocycles. The van der Waals surface area contributed by atoms with Gasteiger partial charge in [-0.15, -0.1) is 0 Å². The normalized spacial score (nSPS) is 10.7. The summed E-state index contributed by atoms with van der Waals surface area (Å²) >= 11 is 0. The van der Waals surface area contributed by atoms with E-state index in [9.17, 15) is 9.18 Å². The molecule has 1 aromatic heterocycles. The zero-order valence-electron chi connectivity index (χ0n) is 9.25. The van der Waals surface area contributed by atoms with Crippen molar-refractivity contribution < 1.29 is 9.18 Å². The number of fused-ring (bicyclic) bond motifs is 1. The largest absolute Gasteiger partial charge is 0.300 e. The van der Waals surface area contributed by atoms with Crippen LogP contribution in [-0.2, 0) is 11.2 Å². The molecule has 0 aliphatic rings. The predicted molar refractivity (Wildman–Crippen MR) is 60.8 cm³/mol. The summed E-state index contributed by atoms with van der Waals surface area (Å²) in [5, 5.41) is 0.798. The van der Waals surface area contributed by atoms with Gasteiger partial charge in [0.1, 0.15) is 17.1 Å². The molecule has 0 atom stereocenters. The molecule has 82 valence electrons. The molecule has 0 radical (unpaired) electrons. The molecule has 0 spiro atoms. The van der Waals surface area contributed by atoms with Crippen LogP contribution in [0.5, 0.6) is 0 Å². The minimum absolute atomic E-state index is 0.0302. The molecule has 1 aromatic carbocycles. The molecule has 2 rings (SSSR count). The Morgan fingerprint density at radius 1 is 1.44 bits per heavy atom. The number of aryl methyl sites for hydroxylation is 1. The number of halogens is 1. The number of ketones is 1. The highest BCUT2D eigenvalue weighted by Crippen LogP contribution is 2.20. The van der Waals surface area contributed by atoms with E-state index >= 15 is 0 Å². The van der Waals surface area contributed by atoms with Gasteiger partial charge in [-0.05, 0) is 31.5 Å². The van der Waals surface area contributed by atoms with E-state index in [1.165, 1.54) is 13.0 Å². The number of Topliss-reactive ketones (excluding diaryl/α,β-unsaturated/α-hetero) is 1. The number of aromatic nitrogens is 1. The van der Waals surface area contributed by atoms with E-state index in [0.717, 1.165) is 10.9 Å². The minimum atomic E-state index is -0.342. The monoisotopic (exact) mass is 217 g/mol. The lowest BCUT2D eigenvalue weighted by Gasteiger charge is -2.05. The van der Waals surface area contributed by atoms with Gasteiger partial charge in [0.2, 0.25) is 0 Å². The molecule has 1 heterocycles. The number of hydrogen-bond donors (Lipinski definition) is 0. The molecule has 0 bridgehead atoms. The van der Waals surface area contributed by atoms with E-state index in [1.807, 2.05) is 19.1 Å². The Balaban J connectivity index is 2.65. The average Bonchev–Trinajstić information content (AvgIpc) is 2.19. The molecule has 16 heavy (non-hydrogen) atoms. The van der Waals surface area contributed by atoms with Crippen LogP contribution in [0.15, 0.2) is 24.3 Å². The van der Waals surface area contributed by atoms with E-state index in [1.54, 1.807) is 6.07 Å². The van der Waals surface area contributed by atoms with Crippen molar-refractivity contribution in [1.29, 1.82) is 0 Å². The van der Waals surface area contributed by atoms with Crippen LogP contribution in [0, 0.1) is 12.7 Å². The Kier molecular flexibility index (Phi) is 2.69. The Hall–Kier alpha value is -1.77. The van der Waals surface area contributed by atoms with Crippen LogP contribution >= 0.6 is 0 Å². The Morgan fingerprint density at radius 3 is 2.88 bits per heavy atom. The van der Waals surface area contributed by atoms with Crippen LogP contribution in [0.25, 0.3) is 10.9 Å². The van der Waals surface area contributed by atoms with Gasteiger partial charge in [-0.25, -0.2) is 9.37 Å². The molecular formula is C13H12FNO. The van der Waals surface area contributed by atoms with Gasteiger partial charge in [0.25, 0.3) is 0 Å². The van der Waals surface area contributed by atoms with Crippen LogP contribution in [0.3, 0.4) is 0 Å². The van der Waals surface area contributed by atoms with Crippen molar-refractivity contribution in [2.45, 2.75) is 20.3 Å². The van der Waals surface area contributed by atoms with Crippen molar-refractivity contribution in [3.05, 3.63) is 41.3 Å². The fourth-order valence-corrected chi connectivity index (χ4v) is 1.80. The molecule has 0 amide bonds. The summed E-state index contributed by atoms with van der Waals surface area (Å²) in [4.78, 5) is 15.2. The van der Waals surface area contributed by atoms with Gasteiger partial charge in [-0.3, -0.25) is 4.79 Å². The molecule has 0 aliphatic heterocycles. The van der Waals surface area contributed by atoms with Gasteiger partial charge in [-0.1, -0.05) is 12.1 Å². The second kappa shape index (κ2) is 4.00. The molecule has 3 heteroatoms. The first-order chi connectivity index (χ1) is 7.58. The van der Waals surface area contributed by atoms with E-state index in [-0.39, 0.29) is 18.0 Å². The highest BCUT2D eigenvalue weighted by molar-refractivity contribution is 5.84. The fraction of sp³-hybridized carbons (Fsp3) is 0.231. The first-order valence-corrected chi connectivity index (χ1v) is 5.12. The summed E-state index contributed by atoms with van der Waals surface area (Å²) in [6, 6.07) is 6.71. The van der Waals surface area contributed by atoms with Gasteiger partial charge in [0, 0.05) is 17.5 Å². The number of benzene rings is 1. The molecular weight excluding hydrogens is 205 g/mol. The van der Waals surface area contributed by atoms with E-state index in [0.29, 0.717) is 11.2 Å². The summed E-state index contributed by atoms with van der Waals surface area (Å²) in [6.07, 6.45) is 0.255. The second-order valence-corrected chi connectivity index (χ2v) is 3.95. The highest BCUT2D eigenvalue weighted by Gasteiger charge is 2.07. The number of carbonyl (C=O) groups is 1. The summed E-state index contributed by atoms with van der Waals surface area (Å²) in [5.74, 6) is -0.311. The quantitative estimate of drug-likeness (QED) is 0.774. The zero-order chi connectivity index (χ0) is 11.7. The van der Waals surface area contributed by atoms with Crippen LogP contribution in [0.2, 0.25) is 0 Å². The van der Waals surface area contributed by atoms with Crippen LogP contribution in [0.1, 0.15) is 18.2 Å². The summed E-state index contributed by atoms with van der Waals surface area (Å²) in [6.45, 7) is 3.40. The summed E-state index contributed by atoms with van der Waals surface area (Å²) < 4.78 is 13.5. The topological polar surface area (TPSA) is 30.0 Å². The molecule has 0 N–H and O–H groups in total. The SMILES string of the molecule is CC(=O)Cc1cc(C)c2cccc(F)c2n1. The third-order valence-electron chi connectivity index (χ3n) is 2.48. The van der Waals surface area contributed by atoms with E-state index < -0.39 is 0 Å². The van der Waals surface area contributed by atoms with Crippen molar-refractivity contribution >= 4 is 16.7 Å². The van der Waals surface area contributed by atoms with Crippen molar-refractivity contribution in [2.75, 3.05) is 0 Å². The first-order valence-electron chi connectivity index (χ1n) is 5.12. The minimum Gasteiger partial charge on any atom is -0.300 e. The number of carbonyl (C=O) groups excluding carboxylic acids is 1. The number of pyridine rings is 1. The number of rotatable bonds is 2. The molecule has 0 aliphatic carbocycles. The maximum absolute atomic E-state index is 13.5. The van der Waals surface area contributed by atoms with Crippen molar-refractivity contribution in [2.24, 2.45) is 0 Å². The lowest BCUT2D eigenvalue weighted by molar-refractivity contribution is -0.116. The summed E-state index contributed by atoms with van der Waals surface area (Å²) in [5.41, 5.74) is 1.92. The smallest absolute Gasteiger partial charge is 0.149 e. The number of para-hydroxylation sites is 1. The molecule has 0 saturated carbocycles. The number of hydrogen-bond acceptors (Lipinski definition) is 2. The van der Waals surface area contributed by atoms with Crippen molar-refractivity contribution in [3.63, 3.8) is 0 Å². The summed E-state index contributed by atoms with van der Waals surface area (Å²) in [7, 11) is 0. The predicted octanol–water partition coefficient (Wildman–Crippen LogP) is 2.81. The maximum Gasteiger partial charge on any atom is 0.149 e. The average molecular weight is 217 g/mol. The van der Waals surface area contributed by atoms with Gasteiger partial charge < -0.3 is 0 Å². The van der Waals surface area contributed by atoms with Gasteiger partial charge in [-0.2, -0.15) is 0 Å². The molecule has 2 nitrogen and oxygen atoms in total. The molecule has 0 unspecified atom stereocenters. The third kappa shape index (κ3) is 1.94. The van der Waals surface area contributed by atoms with Crippen LogP contribution in [-0.4, -0.2) is 10.8 Å². The van der Waals surface area contributed by atoms with Crippen LogP contribution < -0.4 is 0 Å².